The Hall–Kier alpha value is -4.01. The molecule has 2 amide bonds. The van der Waals surface area contributed by atoms with Crippen LogP contribution in [0, 0.1) is 0 Å². The van der Waals surface area contributed by atoms with E-state index in [4.69, 9.17) is 14.2 Å². The summed E-state index contributed by atoms with van der Waals surface area (Å²) in [6, 6.07) is 11.9. The first-order valence-corrected chi connectivity index (χ1v) is 16.0. The van der Waals surface area contributed by atoms with Crippen LogP contribution >= 0.6 is 0 Å². The molecule has 0 saturated carbocycles. The quantitative estimate of drug-likeness (QED) is 0.400. The van der Waals surface area contributed by atoms with Crippen molar-refractivity contribution in [1.29, 1.82) is 0 Å². The number of rotatable bonds is 6. The Labute approximate surface area is 270 Å². The van der Waals surface area contributed by atoms with E-state index < -0.39 is 29.8 Å². The van der Waals surface area contributed by atoms with Crippen molar-refractivity contribution < 1.29 is 37.0 Å². The number of hydrogen-bond acceptors (Lipinski definition) is 8. The van der Waals surface area contributed by atoms with Crippen LogP contribution in [0.4, 0.5) is 13.2 Å². The number of carbonyl (C=O) groups is 2. The Morgan fingerprint density at radius 3 is 2.55 bits per heavy atom. The predicted molar refractivity (Wildman–Crippen MR) is 161 cm³/mol. The summed E-state index contributed by atoms with van der Waals surface area (Å²) in [5.74, 6) is -0.865. The van der Waals surface area contributed by atoms with E-state index in [2.05, 4.69) is 15.2 Å². The van der Waals surface area contributed by atoms with Crippen molar-refractivity contribution in [1.82, 2.24) is 29.7 Å². The minimum absolute atomic E-state index is 0.0375. The van der Waals surface area contributed by atoms with Crippen LogP contribution in [-0.4, -0.2) is 112 Å². The number of carbonyl (C=O) groups excluding carboxylic acids is 2. The topological polar surface area (TPSA) is 102 Å². The Morgan fingerprint density at radius 1 is 0.957 bits per heavy atom. The zero-order valence-corrected chi connectivity index (χ0v) is 25.8. The lowest BCUT2D eigenvalue weighted by Crippen LogP contribution is -2.62. The SMILES string of the molecule is O=C1[C@@H]2C[C@@H](OCc3cn(Cc4ccccc4)nn3)CN2C(=O)c2cc(C(F)(F)F)ccc2OC[C@@H]2CN(C3CCOCC3)CCN12. The van der Waals surface area contributed by atoms with Crippen molar-refractivity contribution in [3.63, 3.8) is 0 Å². The van der Waals surface area contributed by atoms with Gasteiger partial charge in [0.15, 0.2) is 0 Å². The van der Waals surface area contributed by atoms with E-state index >= 15 is 0 Å². The molecule has 3 aromatic rings. The number of aromatic nitrogens is 3. The van der Waals surface area contributed by atoms with Crippen LogP contribution in [0.25, 0.3) is 0 Å². The molecule has 0 spiro atoms. The molecule has 14 heteroatoms. The predicted octanol–water partition coefficient (Wildman–Crippen LogP) is 3.23. The number of halogens is 3. The van der Waals surface area contributed by atoms with Crippen molar-refractivity contribution >= 4 is 11.8 Å². The fourth-order valence-corrected chi connectivity index (χ4v) is 7.06. The van der Waals surface area contributed by atoms with E-state index in [0.717, 1.165) is 30.5 Å². The van der Waals surface area contributed by atoms with Gasteiger partial charge in [0.05, 0.1) is 42.6 Å². The highest BCUT2D eigenvalue weighted by atomic mass is 19.4. The average Bonchev–Trinajstić information content (AvgIpc) is 3.73. The van der Waals surface area contributed by atoms with Crippen molar-refractivity contribution in [3.8, 4) is 5.75 Å². The summed E-state index contributed by atoms with van der Waals surface area (Å²) in [4.78, 5) is 33.7. The third kappa shape index (κ3) is 6.85. The monoisotopic (exact) mass is 654 g/mol. The molecular formula is C33H37F3N6O5. The molecule has 4 aliphatic rings. The summed E-state index contributed by atoms with van der Waals surface area (Å²) < 4.78 is 60.8. The van der Waals surface area contributed by atoms with Gasteiger partial charge in [0.2, 0.25) is 5.91 Å². The Morgan fingerprint density at radius 2 is 1.77 bits per heavy atom. The second-order valence-electron chi connectivity index (χ2n) is 12.6. The Bertz CT molecular complexity index is 1580. The highest BCUT2D eigenvalue weighted by molar-refractivity contribution is 6.00. The van der Waals surface area contributed by atoms with Gasteiger partial charge in [-0.15, -0.1) is 5.10 Å². The smallest absolute Gasteiger partial charge is 0.416 e. The van der Waals surface area contributed by atoms with Crippen molar-refractivity contribution in [3.05, 3.63) is 77.1 Å². The first-order valence-electron chi connectivity index (χ1n) is 16.0. The van der Waals surface area contributed by atoms with Crippen LogP contribution < -0.4 is 4.74 Å². The van der Waals surface area contributed by atoms with E-state index in [0.29, 0.717) is 51.1 Å². The molecule has 2 aromatic carbocycles. The summed E-state index contributed by atoms with van der Waals surface area (Å²) >= 11 is 0. The van der Waals surface area contributed by atoms with Crippen molar-refractivity contribution in [2.24, 2.45) is 0 Å². The molecule has 3 fully saturated rings. The van der Waals surface area contributed by atoms with E-state index in [1.165, 1.54) is 11.0 Å². The number of benzene rings is 2. The zero-order chi connectivity index (χ0) is 32.5. The highest BCUT2D eigenvalue weighted by Gasteiger charge is 2.46. The summed E-state index contributed by atoms with van der Waals surface area (Å²) in [5, 5.41) is 8.39. The molecule has 3 atom stereocenters. The van der Waals surface area contributed by atoms with Gasteiger partial charge in [0, 0.05) is 51.9 Å². The van der Waals surface area contributed by atoms with E-state index in [1.807, 2.05) is 30.3 Å². The van der Waals surface area contributed by atoms with E-state index in [9.17, 15) is 22.8 Å². The third-order valence-electron chi connectivity index (χ3n) is 9.52. The number of piperazine rings is 1. The first-order chi connectivity index (χ1) is 22.7. The lowest BCUT2D eigenvalue weighted by molar-refractivity contribution is -0.143. The van der Waals surface area contributed by atoms with Crippen LogP contribution in [-0.2, 0) is 33.6 Å². The van der Waals surface area contributed by atoms with Crippen LogP contribution in [0.3, 0.4) is 0 Å². The molecule has 0 aliphatic carbocycles. The first kappa shape index (κ1) is 31.6. The second-order valence-corrected chi connectivity index (χ2v) is 12.6. The minimum atomic E-state index is -4.65. The fourth-order valence-electron chi connectivity index (χ4n) is 7.06. The summed E-state index contributed by atoms with van der Waals surface area (Å²) in [6.07, 6.45) is -1.40. The number of fused-ring (bicyclic) bond motifs is 3. The standard InChI is InChI=1S/C33H37F3N6O5/c34-33(35,36)23-6-7-30-28(14-23)31(43)42-19-27(46-20-24-17-40(38-37-24)16-22-4-2-1-3-5-22)15-29(42)32(44)41-11-10-39(18-26(41)21-47-30)25-8-12-45-13-9-25/h1-7,14,17,25-27,29H,8-13,15-16,18-21H2/t26-,27+,29-/m0/s1. The number of nitrogens with zero attached hydrogens (tertiary/aromatic N) is 6. The average molecular weight is 655 g/mol. The molecule has 7 rings (SSSR count). The maximum atomic E-state index is 14.2. The number of ether oxygens (including phenoxy) is 3. The van der Waals surface area contributed by atoms with Gasteiger partial charge in [0.1, 0.15) is 24.1 Å². The van der Waals surface area contributed by atoms with Crippen molar-refractivity contribution in [2.75, 3.05) is 46.0 Å². The molecule has 47 heavy (non-hydrogen) atoms. The van der Waals surface area contributed by atoms with Crippen LogP contribution in [0.1, 0.15) is 46.4 Å². The van der Waals surface area contributed by atoms with Gasteiger partial charge in [-0.25, -0.2) is 4.68 Å². The minimum Gasteiger partial charge on any atom is -0.491 e. The molecule has 4 aliphatic heterocycles. The Balaban J connectivity index is 1.12. The molecule has 3 saturated heterocycles. The van der Waals surface area contributed by atoms with Gasteiger partial charge in [-0.2, -0.15) is 13.2 Å². The maximum Gasteiger partial charge on any atom is 0.416 e. The number of alkyl halides is 3. The van der Waals surface area contributed by atoms with E-state index in [-0.39, 0.29) is 49.4 Å². The Kier molecular flexibility index (Phi) is 8.90. The second kappa shape index (κ2) is 13.2. The van der Waals surface area contributed by atoms with Gasteiger partial charge < -0.3 is 24.0 Å². The van der Waals surface area contributed by atoms with Crippen molar-refractivity contribution in [2.45, 2.75) is 62.8 Å². The molecular weight excluding hydrogens is 617 g/mol. The van der Waals surface area contributed by atoms with Crippen LogP contribution in [0.5, 0.6) is 5.75 Å². The zero-order valence-electron chi connectivity index (χ0n) is 25.8. The molecule has 11 nitrogen and oxygen atoms in total. The summed E-state index contributed by atoms with van der Waals surface area (Å²) in [6.45, 7) is 3.81. The molecule has 5 heterocycles. The molecule has 250 valence electrons. The highest BCUT2D eigenvalue weighted by Crippen LogP contribution is 2.36. The van der Waals surface area contributed by atoms with Crippen LogP contribution in [0.15, 0.2) is 54.7 Å². The third-order valence-corrected chi connectivity index (χ3v) is 9.52. The molecule has 0 bridgehead atoms. The summed E-state index contributed by atoms with van der Waals surface area (Å²) in [7, 11) is 0. The largest absolute Gasteiger partial charge is 0.491 e. The fraction of sp³-hybridized carbons (Fsp3) is 0.515. The van der Waals surface area contributed by atoms with Gasteiger partial charge in [-0.3, -0.25) is 14.5 Å². The maximum absolute atomic E-state index is 14.2. The van der Waals surface area contributed by atoms with Gasteiger partial charge >= 0.3 is 6.18 Å². The molecule has 0 N–H and O–H groups in total. The molecule has 0 unspecified atom stereocenters. The lowest BCUT2D eigenvalue weighted by atomic mass is 10.0. The number of amides is 2. The van der Waals surface area contributed by atoms with Gasteiger partial charge in [-0.1, -0.05) is 35.5 Å². The van der Waals surface area contributed by atoms with Crippen LogP contribution in [0.2, 0.25) is 0 Å². The molecule has 1 aromatic heterocycles. The van der Waals surface area contributed by atoms with Gasteiger partial charge in [-0.05, 0) is 36.6 Å². The number of hydrogen-bond donors (Lipinski definition) is 0. The summed E-state index contributed by atoms with van der Waals surface area (Å²) in [5.41, 5.74) is 0.485. The lowest BCUT2D eigenvalue weighted by Gasteiger charge is -2.46. The van der Waals surface area contributed by atoms with Gasteiger partial charge in [0.25, 0.3) is 5.91 Å². The van der Waals surface area contributed by atoms with E-state index in [1.54, 1.807) is 15.8 Å². The molecule has 0 radical (unpaired) electrons. The normalized spacial score (nSPS) is 24.4.